The van der Waals surface area contributed by atoms with Gasteiger partial charge in [0, 0.05) is 22.5 Å². The molecule has 2 rings (SSSR count). The second-order valence-electron chi connectivity index (χ2n) is 4.66. The number of ketones is 1. The van der Waals surface area contributed by atoms with Gasteiger partial charge in [0.15, 0.2) is 5.78 Å². The zero-order valence-electron chi connectivity index (χ0n) is 11.2. The summed E-state index contributed by atoms with van der Waals surface area (Å²) >= 11 is 0. The summed E-state index contributed by atoms with van der Waals surface area (Å²) in [5.74, 6) is 0.0567. The van der Waals surface area contributed by atoms with E-state index in [2.05, 4.69) is 4.98 Å². The maximum absolute atomic E-state index is 12.5. The molecule has 92 valence electrons. The van der Waals surface area contributed by atoms with Crippen LogP contribution in [0.1, 0.15) is 38.4 Å². The fourth-order valence-electron chi connectivity index (χ4n) is 2.07. The topological polar surface area (TPSA) is 30.0 Å². The zero-order valence-corrected chi connectivity index (χ0v) is 11.2. The molecule has 0 aliphatic rings. The van der Waals surface area contributed by atoms with Crippen LogP contribution in [0.5, 0.6) is 0 Å². The highest BCUT2D eigenvalue weighted by atomic mass is 16.1. The van der Waals surface area contributed by atoms with Crippen LogP contribution in [0.15, 0.2) is 30.3 Å². The molecule has 0 radical (unpaired) electrons. The van der Waals surface area contributed by atoms with Crippen molar-refractivity contribution in [2.75, 3.05) is 0 Å². The van der Waals surface area contributed by atoms with E-state index in [4.69, 9.17) is 0 Å². The molecule has 0 aliphatic carbocycles. The largest absolute Gasteiger partial charge is 0.289 e. The van der Waals surface area contributed by atoms with Gasteiger partial charge >= 0.3 is 0 Å². The molecule has 0 saturated heterocycles. The first-order valence-electron chi connectivity index (χ1n) is 6.06. The quantitative estimate of drug-likeness (QED) is 0.750. The standard InChI is InChI=1S/C16H17NO/c1-10-6-5-7-14(12(10)3)16(18)15-9-8-11(2)17-13(15)4/h5-9H,1-4H3. The monoisotopic (exact) mass is 239 g/mol. The Morgan fingerprint density at radius 3 is 2.33 bits per heavy atom. The van der Waals surface area contributed by atoms with Gasteiger partial charge in [-0.1, -0.05) is 18.2 Å². The third-order valence-corrected chi connectivity index (χ3v) is 3.32. The van der Waals surface area contributed by atoms with Crippen molar-refractivity contribution in [3.05, 3.63) is 64.0 Å². The molecule has 0 unspecified atom stereocenters. The predicted molar refractivity (Wildman–Crippen MR) is 73.1 cm³/mol. The Kier molecular flexibility index (Phi) is 3.28. The first-order valence-corrected chi connectivity index (χ1v) is 6.06. The number of pyridine rings is 1. The van der Waals surface area contributed by atoms with Crippen molar-refractivity contribution in [2.24, 2.45) is 0 Å². The molecule has 1 heterocycles. The summed E-state index contributed by atoms with van der Waals surface area (Å²) in [6, 6.07) is 9.57. The summed E-state index contributed by atoms with van der Waals surface area (Å²) in [5, 5.41) is 0. The second-order valence-corrected chi connectivity index (χ2v) is 4.66. The lowest BCUT2D eigenvalue weighted by Gasteiger charge is -2.09. The van der Waals surface area contributed by atoms with E-state index < -0.39 is 0 Å². The number of rotatable bonds is 2. The molecular formula is C16H17NO. The van der Waals surface area contributed by atoms with Gasteiger partial charge in [-0.25, -0.2) is 0 Å². The van der Waals surface area contributed by atoms with E-state index in [0.717, 1.165) is 28.1 Å². The summed E-state index contributed by atoms with van der Waals surface area (Å²) in [5.41, 5.74) is 5.37. The van der Waals surface area contributed by atoms with Crippen LogP contribution in [0, 0.1) is 27.7 Å². The van der Waals surface area contributed by atoms with Crippen LogP contribution < -0.4 is 0 Å². The van der Waals surface area contributed by atoms with Gasteiger partial charge in [-0.05, 0) is 51.0 Å². The molecule has 0 aliphatic heterocycles. The minimum absolute atomic E-state index is 0.0567. The fraction of sp³-hybridized carbons (Fsp3) is 0.250. The van der Waals surface area contributed by atoms with Crippen molar-refractivity contribution in [1.29, 1.82) is 0 Å². The van der Waals surface area contributed by atoms with E-state index in [-0.39, 0.29) is 5.78 Å². The van der Waals surface area contributed by atoms with Crippen molar-refractivity contribution in [3.63, 3.8) is 0 Å². The summed E-state index contributed by atoms with van der Waals surface area (Å²) in [7, 11) is 0. The lowest BCUT2D eigenvalue weighted by atomic mass is 9.95. The van der Waals surface area contributed by atoms with Gasteiger partial charge in [0.05, 0.1) is 0 Å². The van der Waals surface area contributed by atoms with E-state index >= 15 is 0 Å². The van der Waals surface area contributed by atoms with Gasteiger partial charge in [0.2, 0.25) is 0 Å². The molecule has 2 aromatic rings. The maximum atomic E-state index is 12.5. The average molecular weight is 239 g/mol. The third-order valence-electron chi connectivity index (χ3n) is 3.32. The minimum Gasteiger partial charge on any atom is -0.289 e. The van der Waals surface area contributed by atoms with E-state index in [0.29, 0.717) is 5.56 Å². The Labute approximate surface area is 108 Å². The van der Waals surface area contributed by atoms with Crippen LogP contribution in [0.25, 0.3) is 0 Å². The Bertz CT molecular complexity index is 614. The first kappa shape index (κ1) is 12.5. The number of hydrogen-bond donors (Lipinski definition) is 0. The zero-order chi connectivity index (χ0) is 13.3. The first-order chi connectivity index (χ1) is 8.50. The van der Waals surface area contributed by atoms with Crippen LogP contribution in [0.4, 0.5) is 0 Å². The SMILES string of the molecule is Cc1ccc(C(=O)c2cccc(C)c2C)c(C)n1. The maximum Gasteiger partial charge on any atom is 0.195 e. The van der Waals surface area contributed by atoms with Crippen molar-refractivity contribution in [3.8, 4) is 0 Å². The number of benzene rings is 1. The van der Waals surface area contributed by atoms with Gasteiger partial charge in [-0.15, -0.1) is 0 Å². The normalized spacial score (nSPS) is 10.4. The van der Waals surface area contributed by atoms with E-state index in [1.54, 1.807) is 0 Å². The predicted octanol–water partition coefficient (Wildman–Crippen LogP) is 3.55. The molecule has 0 amide bonds. The molecule has 2 heteroatoms. The number of carbonyl (C=O) groups is 1. The number of aryl methyl sites for hydroxylation is 3. The van der Waals surface area contributed by atoms with Crippen LogP contribution in [0.3, 0.4) is 0 Å². The average Bonchev–Trinajstić information content (AvgIpc) is 2.32. The molecule has 1 aromatic carbocycles. The number of nitrogens with zero attached hydrogens (tertiary/aromatic N) is 1. The van der Waals surface area contributed by atoms with Gasteiger partial charge in [0.1, 0.15) is 0 Å². The highest BCUT2D eigenvalue weighted by Gasteiger charge is 2.15. The fourth-order valence-corrected chi connectivity index (χ4v) is 2.07. The lowest BCUT2D eigenvalue weighted by Crippen LogP contribution is -2.08. The van der Waals surface area contributed by atoms with Crippen LogP contribution >= 0.6 is 0 Å². The molecule has 0 atom stereocenters. The molecule has 1 aromatic heterocycles. The van der Waals surface area contributed by atoms with Crippen molar-refractivity contribution < 1.29 is 4.79 Å². The Morgan fingerprint density at radius 1 is 0.944 bits per heavy atom. The van der Waals surface area contributed by atoms with Crippen LogP contribution in [-0.4, -0.2) is 10.8 Å². The molecule has 0 saturated carbocycles. The highest BCUT2D eigenvalue weighted by molar-refractivity contribution is 6.10. The van der Waals surface area contributed by atoms with E-state index in [9.17, 15) is 4.79 Å². The Balaban J connectivity index is 2.51. The number of carbonyl (C=O) groups excluding carboxylic acids is 1. The summed E-state index contributed by atoms with van der Waals surface area (Å²) in [4.78, 5) is 16.9. The molecule has 0 bridgehead atoms. The molecular weight excluding hydrogens is 222 g/mol. The summed E-state index contributed by atoms with van der Waals surface area (Å²) < 4.78 is 0. The van der Waals surface area contributed by atoms with Crippen molar-refractivity contribution in [2.45, 2.75) is 27.7 Å². The molecule has 0 spiro atoms. The van der Waals surface area contributed by atoms with Gasteiger partial charge in [-0.2, -0.15) is 0 Å². The molecule has 18 heavy (non-hydrogen) atoms. The van der Waals surface area contributed by atoms with Crippen LogP contribution in [-0.2, 0) is 0 Å². The Hall–Kier alpha value is -1.96. The molecule has 0 N–H and O–H groups in total. The Morgan fingerprint density at radius 2 is 1.67 bits per heavy atom. The molecule has 2 nitrogen and oxygen atoms in total. The second kappa shape index (κ2) is 4.73. The van der Waals surface area contributed by atoms with Gasteiger partial charge in [-0.3, -0.25) is 9.78 Å². The number of hydrogen-bond acceptors (Lipinski definition) is 2. The minimum atomic E-state index is 0.0567. The van der Waals surface area contributed by atoms with Gasteiger partial charge in [0.25, 0.3) is 0 Å². The molecule has 0 fully saturated rings. The van der Waals surface area contributed by atoms with E-state index in [1.165, 1.54) is 0 Å². The highest BCUT2D eigenvalue weighted by Crippen LogP contribution is 2.18. The smallest absolute Gasteiger partial charge is 0.195 e. The summed E-state index contributed by atoms with van der Waals surface area (Å²) in [6.45, 7) is 7.82. The van der Waals surface area contributed by atoms with Crippen molar-refractivity contribution in [1.82, 2.24) is 4.98 Å². The van der Waals surface area contributed by atoms with Crippen molar-refractivity contribution >= 4 is 5.78 Å². The van der Waals surface area contributed by atoms with Gasteiger partial charge < -0.3 is 0 Å². The third kappa shape index (κ3) is 2.19. The summed E-state index contributed by atoms with van der Waals surface area (Å²) in [6.07, 6.45) is 0. The lowest BCUT2D eigenvalue weighted by molar-refractivity contribution is 0.103. The number of aromatic nitrogens is 1. The van der Waals surface area contributed by atoms with Crippen LogP contribution in [0.2, 0.25) is 0 Å². The van der Waals surface area contributed by atoms with E-state index in [1.807, 2.05) is 58.0 Å².